The first-order valence-electron chi connectivity index (χ1n) is 7.59. The second kappa shape index (κ2) is 6.22. The number of aryl methyl sites for hydroxylation is 1. The number of aromatic nitrogens is 1. The zero-order valence-electron chi connectivity index (χ0n) is 12.4. The van der Waals surface area contributed by atoms with Crippen LogP contribution in [0, 0.1) is 12.8 Å². The van der Waals surface area contributed by atoms with Gasteiger partial charge in [0.15, 0.2) is 0 Å². The first kappa shape index (κ1) is 14.0. The Kier molecular flexibility index (Phi) is 4.15. The maximum Gasteiger partial charge on any atom is 0.224 e. The lowest BCUT2D eigenvalue weighted by Crippen LogP contribution is -2.32. The van der Waals surface area contributed by atoms with Gasteiger partial charge in [-0.15, -0.1) is 0 Å². The van der Waals surface area contributed by atoms with E-state index in [0.29, 0.717) is 12.3 Å². The van der Waals surface area contributed by atoms with E-state index in [1.54, 1.807) is 0 Å². The van der Waals surface area contributed by atoms with Crippen molar-refractivity contribution in [2.75, 3.05) is 18.4 Å². The van der Waals surface area contributed by atoms with Crippen molar-refractivity contribution in [3.8, 4) is 0 Å². The molecule has 1 aliphatic heterocycles. The van der Waals surface area contributed by atoms with E-state index in [4.69, 9.17) is 0 Å². The van der Waals surface area contributed by atoms with Crippen molar-refractivity contribution >= 4 is 22.5 Å². The second-order valence-electron chi connectivity index (χ2n) is 5.79. The Morgan fingerprint density at radius 3 is 3.10 bits per heavy atom. The highest BCUT2D eigenvalue weighted by atomic mass is 16.1. The minimum Gasteiger partial charge on any atom is -0.324 e. The standard InChI is InChI=1S/C17H21N3O/c1-12-7-8-14-5-2-6-15(17(14)19-12)20-16(21)10-13-4-3-9-18-11-13/h2,5-8,13,18H,3-4,9-11H2,1H3,(H,20,21). The molecular weight excluding hydrogens is 262 g/mol. The number of nitrogens with one attached hydrogen (secondary N) is 2. The molecule has 1 saturated heterocycles. The first-order chi connectivity index (χ1) is 10.2. The fourth-order valence-electron chi connectivity index (χ4n) is 2.91. The smallest absolute Gasteiger partial charge is 0.224 e. The minimum atomic E-state index is 0.0829. The third-order valence-corrected chi connectivity index (χ3v) is 4.01. The Morgan fingerprint density at radius 1 is 1.38 bits per heavy atom. The minimum absolute atomic E-state index is 0.0829. The van der Waals surface area contributed by atoms with Crippen LogP contribution < -0.4 is 10.6 Å². The molecule has 4 heteroatoms. The molecule has 1 aromatic carbocycles. The predicted molar refractivity (Wildman–Crippen MR) is 85.3 cm³/mol. The van der Waals surface area contributed by atoms with Crippen molar-refractivity contribution in [1.82, 2.24) is 10.3 Å². The van der Waals surface area contributed by atoms with E-state index >= 15 is 0 Å². The lowest BCUT2D eigenvalue weighted by atomic mass is 9.96. The molecule has 110 valence electrons. The molecule has 1 fully saturated rings. The Labute approximate surface area is 125 Å². The van der Waals surface area contributed by atoms with Gasteiger partial charge < -0.3 is 10.6 Å². The molecule has 2 aromatic rings. The van der Waals surface area contributed by atoms with Gasteiger partial charge in [0.2, 0.25) is 5.91 Å². The van der Waals surface area contributed by atoms with Crippen LogP contribution in [0.15, 0.2) is 30.3 Å². The van der Waals surface area contributed by atoms with E-state index in [9.17, 15) is 4.79 Å². The number of piperidine rings is 1. The molecule has 0 radical (unpaired) electrons. The van der Waals surface area contributed by atoms with Crippen LogP contribution in [0.25, 0.3) is 10.9 Å². The molecule has 1 unspecified atom stereocenters. The van der Waals surface area contributed by atoms with Gasteiger partial charge in [0.05, 0.1) is 11.2 Å². The highest BCUT2D eigenvalue weighted by molar-refractivity contribution is 6.00. The third kappa shape index (κ3) is 3.39. The summed E-state index contributed by atoms with van der Waals surface area (Å²) in [6, 6.07) is 9.92. The summed E-state index contributed by atoms with van der Waals surface area (Å²) in [6.45, 7) is 3.98. The van der Waals surface area contributed by atoms with Gasteiger partial charge in [-0.1, -0.05) is 18.2 Å². The van der Waals surface area contributed by atoms with Gasteiger partial charge in [-0.25, -0.2) is 0 Å². The quantitative estimate of drug-likeness (QED) is 0.910. The molecule has 1 amide bonds. The van der Waals surface area contributed by atoms with Gasteiger partial charge >= 0.3 is 0 Å². The molecule has 0 aliphatic carbocycles. The number of carbonyl (C=O) groups is 1. The summed E-state index contributed by atoms with van der Waals surface area (Å²) in [5, 5.41) is 7.43. The van der Waals surface area contributed by atoms with Crippen LogP contribution in [0.3, 0.4) is 0 Å². The largest absolute Gasteiger partial charge is 0.324 e. The van der Waals surface area contributed by atoms with E-state index in [-0.39, 0.29) is 5.91 Å². The van der Waals surface area contributed by atoms with Gasteiger partial charge in [0.25, 0.3) is 0 Å². The number of benzene rings is 1. The Morgan fingerprint density at radius 2 is 2.29 bits per heavy atom. The van der Waals surface area contributed by atoms with Gasteiger partial charge in [-0.05, 0) is 50.9 Å². The lowest BCUT2D eigenvalue weighted by Gasteiger charge is -2.22. The zero-order chi connectivity index (χ0) is 14.7. The second-order valence-corrected chi connectivity index (χ2v) is 5.79. The van der Waals surface area contributed by atoms with E-state index < -0.39 is 0 Å². The normalized spacial score (nSPS) is 18.6. The summed E-state index contributed by atoms with van der Waals surface area (Å²) in [7, 11) is 0. The molecule has 0 spiro atoms. The molecule has 2 N–H and O–H groups in total. The van der Waals surface area contributed by atoms with Crippen LogP contribution in [-0.4, -0.2) is 24.0 Å². The van der Waals surface area contributed by atoms with E-state index in [1.807, 2.05) is 37.3 Å². The van der Waals surface area contributed by atoms with Crippen LogP contribution >= 0.6 is 0 Å². The van der Waals surface area contributed by atoms with E-state index in [2.05, 4.69) is 15.6 Å². The van der Waals surface area contributed by atoms with Crippen LogP contribution in [-0.2, 0) is 4.79 Å². The lowest BCUT2D eigenvalue weighted by molar-refractivity contribution is -0.117. The van der Waals surface area contributed by atoms with E-state index in [1.165, 1.54) is 0 Å². The number of rotatable bonds is 3. The van der Waals surface area contributed by atoms with Gasteiger partial charge in [0.1, 0.15) is 0 Å². The molecule has 1 aromatic heterocycles. The fraction of sp³-hybridized carbons (Fsp3) is 0.412. The Hall–Kier alpha value is -1.94. The number of nitrogens with zero attached hydrogens (tertiary/aromatic N) is 1. The molecular formula is C17H21N3O. The zero-order valence-corrected chi connectivity index (χ0v) is 12.4. The molecule has 2 heterocycles. The average molecular weight is 283 g/mol. The molecule has 1 atom stereocenters. The SMILES string of the molecule is Cc1ccc2cccc(NC(=O)CC3CCCNC3)c2n1. The summed E-state index contributed by atoms with van der Waals surface area (Å²) < 4.78 is 0. The summed E-state index contributed by atoms with van der Waals surface area (Å²) in [4.78, 5) is 16.8. The van der Waals surface area contributed by atoms with Gasteiger partial charge in [-0.3, -0.25) is 9.78 Å². The summed E-state index contributed by atoms with van der Waals surface area (Å²) in [5.74, 6) is 0.530. The van der Waals surface area contributed by atoms with Crippen LogP contribution in [0.2, 0.25) is 0 Å². The molecule has 21 heavy (non-hydrogen) atoms. The topological polar surface area (TPSA) is 54.0 Å². The summed E-state index contributed by atoms with van der Waals surface area (Å²) >= 11 is 0. The number of anilines is 1. The molecule has 4 nitrogen and oxygen atoms in total. The maximum atomic E-state index is 12.2. The van der Waals surface area contributed by atoms with Crippen molar-refractivity contribution < 1.29 is 4.79 Å². The van der Waals surface area contributed by atoms with Crippen LogP contribution in [0.1, 0.15) is 25.0 Å². The van der Waals surface area contributed by atoms with Crippen molar-refractivity contribution in [2.45, 2.75) is 26.2 Å². The van der Waals surface area contributed by atoms with Crippen LogP contribution in [0.4, 0.5) is 5.69 Å². The molecule has 3 rings (SSSR count). The number of amides is 1. The third-order valence-electron chi connectivity index (χ3n) is 4.01. The highest BCUT2D eigenvalue weighted by Gasteiger charge is 2.17. The average Bonchev–Trinajstić information content (AvgIpc) is 2.49. The van der Waals surface area contributed by atoms with Crippen molar-refractivity contribution in [2.24, 2.45) is 5.92 Å². The van der Waals surface area contributed by atoms with Gasteiger partial charge in [-0.2, -0.15) is 0 Å². The summed E-state index contributed by atoms with van der Waals surface area (Å²) in [5.41, 5.74) is 2.64. The molecule has 0 bridgehead atoms. The number of hydrogen-bond donors (Lipinski definition) is 2. The Bertz CT molecular complexity index is 648. The summed E-state index contributed by atoms with van der Waals surface area (Å²) in [6.07, 6.45) is 2.87. The van der Waals surface area contributed by atoms with Crippen molar-refractivity contribution in [3.05, 3.63) is 36.0 Å². The molecule has 0 saturated carbocycles. The molecule has 1 aliphatic rings. The maximum absolute atomic E-state index is 12.2. The van der Waals surface area contributed by atoms with E-state index in [0.717, 1.165) is 48.2 Å². The Balaban J connectivity index is 1.74. The monoisotopic (exact) mass is 283 g/mol. The van der Waals surface area contributed by atoms with Crippen LogP contribution in [0.5, 0.6) is 0 Å². The fourth-order valence-corrected chi connectivity index (χ4v) is 2.91. The first-order valence-corrected chi connectivity index (χ1v) is 7.59. The number of carbonyl (C=O) groups excluding carboxylic acids is 1. The van der Waals surface area contributed by atoms with Gasteiger partial charge in [0, 0.05) is 17.5 Å². The number of hydrogen-bond acceptors (Lipinski definition) is 3. The number of fused-ring (bicyclic) bond motifs is 1. The van der Waals surface area contributed by atoms with Crippen molar-refractivity contribution in [3.63, 3.8) is 0 Å². The highest BCUT2D eigenvalue weighted by Crippen LogP contribution is 2.23. The van der Waals surface area contributed by atoms with Crippen molar-refractivity contribution in [1.29, 1.82) is 0 Å². The number of pyridine rings is 1. The number of para-hydroxylation sites is 1. The predicted octanol–water partition coefficient (Wildman–Crippen LogP) is 2.87.